The van der Waals surface area contributed by atoms with Gasteiger partial charge in [-0.3, -0.25) is 4.79 Å². The van der Waals surface area contributed by atoms with E-state index in [4.69, 9.17) is 15.7 Å². The van der Waals surface area contributed by atoms with Gasteiger partial charge in [0.1, 0.15) is 0 Å². The molecule has 0 radical (unpaired) electrons. The summed E-state index contributed by atoms with van der Waals surface area (Å²) in [6, 6.07) is 2.07. The van der Waals surface area contributed by atoms with Crippen LogP contribution >= 0.6 is 0 Å². The lowest BCUT2D eigenvalue weighted by Crippen LogP contribution is -2.51. The third-order valence-electron chi connectivity index (χ3n) is 3.46. The minimum absolute atomic E-state index is 0.0843. The first kappa shape index (κ1) is 13.9. The van der Waals surface area contributed by atoms with Gasteiger partial charge < -0.3 is 15.4 Å². The minimum Gasteiger partial charge on any atom is -0.381 e. The molecule has 5 nitrogen and oxygen atoms in total. The van der Waals surface area contributed by atoms with Crippen molar-refractivity contribution in [2.45, 2.75) is 26.2 Å². The highest BCUT2D eigenvalue weighted by atomic mass is 16.5. The van der Waals surface area contributed by atoms with E-state index in [-0.39, 0.29) is 5.91 Å². The van der Waals surface area contributed by atoms with E-state index in [1.54, 1.807) is 4.90 Å². The van der Waals surface area contributed by atoms with Crippen LogP contribution in [-0.4, -0.2) is 43.7 Å². The van der Waals surface area contributed by atoms with Crippen LogP contribution in [0.5, 0.6) is 0 Å². The largest absolute Gasteiger partial charge is 0.381 e. The van der Waals surface area contributed by atoms with Crippen molar-refractivity contribution >= 4 is 5.91 Å². The summed E-state index contributed by atoms with van der Waals surface area (Å²) in [6.45, 7) is 4.60. The molecule has 0 aromatic heterocycles. The van der Waals surface area contributed by atoms with Crippen molar-refractivity contribution in [1.29, 1.82) is 5.26 Å². The maximum absolute atomic E-state index is 12.5. The summed E-state index contributed by atoms with van der Waals surface area (Å²) in [5, 5.41) is 8.59. The highest BCUT2D eigenvalue weighted by Gasteiger charge is 2.40. The van der Waals surface area contributed by atoms with Crippen molar-refractivity contribution in [3.05, 3.63) is 0 Å². The number of amides is 1. The Hall–Kier alpha value is -1.12. The fourth-order valence-electron chi connectivity index (χ4n) is 2.19. The van der Waals surface area contributed by atoms with E-state index < -0.39 is 5.41 Å². The first-order valence-corrected chi connectivity index (χ1v) is 6.14. The van der Waals surface area contributed by atoms with Gasteiger partial charge in [-0.1, -0.05) is 0 Å². The standard InChI is InChI=1S/C12H21N3O2/c1-2-15(7-3-6-13)11(16)12(10-14)4-8-17-9-5-12/h2-5,7-10,14H2,1H3. The average molecular weight is 239 g/mol. The summed E-state index contributed by atoms with van der Waals surface area (Å²) in [5.74, 6) is 0.0843. The smallest absolute Gasteiger partial charge is 0.230 e. The molecule has 1 fully saturated rings. The van der Waals surface area contributed by atoms with Crippen LogP contribution in [0.2, 0.25) is 0 Å². The zero-order valence-corrected chi connectivity index (χ0v) is 10.4. The monoisotopic (exact) mass is 239 g/mol. The molecule has 0 spiro atoms. The lowest BCUT2D eigenvalue weighted by atomic mass is 9.79. The Bertz CT molecular complexity index is 293. The van der Waals surface area contributed by atoms with Crippen LogP contribution in [0, 0.1) is 16.7 Å². The number of hydrogen-bond donors (Lipinski definition) is 1. The molecule has 0 aliphatic carbocycles. The number of carbonyl (C=O) groups is 1. The molecule has 5 heteroatoms. The molecule has 1 heterocycles. The second-order valence-electron chi connectivity index (χ2n) is 4.39. The second-order valence-corrected chi connectivity index (χ2v) is 4.39. The van der Waals surface area contributed by atoms with Crippen molar-refractivity contribution in [2.24, 2.45) is 11.1 Å². The Balaban J connectivity index is 2.72. The summed E-state index contributed by atoms with van der Waals surface area (Å²) in [7, 11) is 0. The summed E-state index contributed by atoms with van der Waals surface area (Å²) in [5.41, 5.74) is 5.32. The SMILES string of the molecule is CCN(CCC#N)C(=O)C1(CN)CCOCC1. The van der Waals surface area contributed by atoms with Crippen molar-refractivity contribution in [3.8, 4) is 6.07 Å². The number of nitriles is 1. The van der Waals surface area contributed by atoms with Gasteiger partial charge in [0.2, 0.25) is 5.91 Å². The summed E-state index contributed by atoms with van der Waals surface area (Å²) < 4.78 is 5.29. The summed E-state index contributed by atoms with van der Waals surface area (Å²) >= 11 is 0. The van der Waals surface area contributed by atoms with Crippen molar-refractivity contribution < 1.29 is 9.53 Å². The Morgan fingerprint density at radius 2 is 2.18 bits per heavy atom. The van der Waals surface area contributed by atoms with Gasteiger partial charge in [-0.2, -0.15) is 5.26 Å². The van der Waals surface area contributed by atoms with Crippen LogP contribution in [0.4, 0.5) is 0 Å². The number of rotatable bonds is 5. The van der Waals surface area contributed by atoms with E-state index in [2.05, 4.69) is 6.07 Å². The van der Waals surface area contributed by atoms with Crippen LogP contribution in [0.1, 0.15) is 26.2 Å². The van der Waals surface area contributed by atoms with Crippen LogP contribution in [0.25, 0.3) is 0 Å². The third-order valence-corrected chi connectivity index (χ3v) is 3.46. The van der Waals surface area contributed by atoms with Gasteiger partial charge in [0.15, 0.2) is 0 Å². The second kappa shape index (κ2) is 6.58. The Morgan fingerprint density at radius 1 is 1.53 bits per heavy atom. The molecule has 1 aliphatic rings. The average Bonchev–Trinajstić information content (AvgIpc) is 2.40. The van der Waals surface area contributed by atoms with E-state index in [1.165, 1.54) is 0 Å². The lowest BCUT2D eigenvalue weighted by molar-refractivity contribution is -0.146. The molecule has 2 N–H and O–H groups in total. The molecule has 96 valence electrons. The molecule has 0 unspecified atom stereocenters. The molecule has 0 aromatic rings. The fourth-order valence-corrected chi connectivity index (χ4v) is 2.19. The number of nitrogens with zero attached hydrogens (tertiary/aromatic N) is 2. The third kappa shape index (κ3) is 3.18. The lowest BCUT2D eigenvalue weighted by Gasteiger charge is -2.38. The van der Waals surface area contributed by atoms with Crippen molar-refractivity contribution in [2.75, 3.05) is 32.8 Å². The van der Waals surface area contributed by atoms with Crippen molar-refractivity contribution in [1.82, 2.24) is 4.90 Å². The first-order chi connectivity index (χ1) is 8.20. The zero-order chi connectivity index (χ0) is 12.7. The predicted octanol–water partition coefficient (Wildman–Crippen LogP) is 0.504. The molecule has 1 rings (SSSR count). The van der Waals surface area contributed by atoms with E-state index in [0.717, 1.165) is 0 Å². The zero-order valence-electron chi connectivity index (χ0n) is 10.4. The highest BCUT2D eigenvalue weighted by molar-refractivity contribution is 5.83. The topological polar surface area (TPSA) is 79.4 Å². The maximum atomic E-state index is 12.5. The number of nitrogens with two attached hydrogens (primary N) is 1. The summed E-state index contributed by atoms with van der Waals surface area (Å²) in [6.07, 6.45) is 1.74. The molecule has 1 amide bonds. The van der Waals surface area contributed by atoms with E-state index in [0.29, 0.717) is 52.1 Å². The van der Waals surface area contributed by atoms with Crippen LogP contribution in [0.3, 0.4) is 0 Å². The van der Waals surface area contributed by atoms with Gasteiger partial charge in [0, 0.05) is 32.8 Å². The van der Waals surface area contributed by atoms with Gasteiger partial charge in [0.25, 0.3) is 0 Å². The van der Waals surface area contributed by atoms with Gasteiger partial charge in [-0.25, -0.2) is 0 Å². The molecule has 0 saturated carbocycles. The Labute approximate surface area is 103 Å². The minimum atomic E-state index is -0.469. The highest BCUT2D eigenvalue weighted by Crippen LogP contribution is 2.31. The molecule has 0 atom stereocenters. The van der Waals surface area contributed by atoms with Gasteiger partial charge in [-0.05, 0) is 19.8 Å². The van der Waals surface area contributed by atoms with Gasteiger partial charge in [-0.15, -0.1) is 0 Å². The quantitative estimate of drug-likeness (QED) is 0.758. The predicted molar refractivity (Wildman–Crippen MR) is 64.0 cm³/mol. The fraction of sp³-hybridized carbons (Fsp3) is 0.833. The van der Waals surface area contributed by atoms with Crippen molar-refractivity contribution in [3.63, 3.8) is 0 Å². The number of carbonyl (C=O) groups excluding carboxylic acids is 1. The molecule has 1 saturated heterocycles. The van der Waals surface area contributed by atoms with Crippen LogP contribution < -0.4 is 5.73 Å². The molecule has 0 aromatic carbocycles. The summed E-state index contributed by atoms with van der Waals surface area (Å²) in [4.78, 5) is 14.2. The first-order valence-electron chi connectivity index (χ1n) is 6.14. The van der Waals surface area contributed by atoms with E-state index in [1.807, 2.05) is 6.92 Å². The molecular formula is C12H21N3O2. The Morgan fingerprint density at radius 3 is 2.65 bits per heavy atom. The molecule has 17 heavy (non-hydrogen) atoms. The van der Waals surface area contributed by atoms with Gasteiger partial charge in [0.05, 0.1) is 17.9 Å². The molecule has 1 aliphatic heterocycles. The van der Waals surface area contributed by atoms with Crippen LogP contribution in [0.15, 0.2) is 0 Å². The molecular weight excluding hydrogens is 218 g/mol. The Kier molecular flexibility index (Phi) is 5.39. The van der Waals surface area contributed by atoms with E-state index >= 15 is 0 Å². The van der Waals surface area contributed by atoms with Crippen LogP contribution in [-0.2, 0) is 9.53 Å². The van der Waals surface area contributed by atoms with E-state index in [9.17, 15) is 4.79 Å². The van der Waals surface area contributed by atoms with Gasteiger partial charge >= 0.3 is 0 Å². The number of ether oxygens (including phenoxy) is 1. The maximum Gasteiger partial charge on any atom is 0.230 e. The normalized spacial score (nSPS) is 18.4. The number of hydrogen-bond acceptors (Lipinski definition) is 4. The molecule has 0 bridgehead atoms.